The van der Waals surface area contributed by atoms with E-state index in [1.54, 1.807) is 6.92 Å². The van der Waals surface area contributed by atoms with Gasteiger partial charge in [-0.3, -0.25) is 4.79 Å². The average Bonchev–Trinajstić information content (AvgIpc) is 2.72. The van der Waals surface area contributed by atoms with Crippen molar-refractivity contribution in [2.75, 3.05) is 24.5 Å². The number of benzene rings is 2. The Bertz CT molecular complexity index is 941. The van der Waals surface area contributed by atoms with Crippen LogP contribution in [0, 0.1) is 5.92 Å². The molecule has 1 fully saturated rings. The summed E-state index contributed by atoms with van der Waals surface area (Å²) in [5.74, 6) is 2.22. The predicted molar refractivity (Wildman–Crippen MR) is 109 cm³/mol. The van der Waals surface area contributed by atoms with Crippen LogP contribution in [0.4, 0.5) is 5.82 Å². The second-order valence-corrected chi connectivity index (χ2v) is 7.15. The first-order chi connectivity index (χ1) is 13.2. The minimum Gasteiger partial charge on any atom is -0.356 e. The molecule has 1 aliphatic heterocycles. The Labute approximate surface area is 159 Å². The van der Waals surface area contributed by atoms with E-state index in [9.17, 15) is 4.79 Å². The number of aromatic nitrogens is 2. The Morgan fingerprint density at radius 1 is 1.11 bits per heavy atom. The van der Waals surface area contributed by atoms with E-state index in [4.69, 9.17) is 9.97 Å². The van der Waals surface area contributed by atoms with Gasteiger partial charge in [0.15, 0.2) is 5.82 Å². The van der Waals surface area contributed by atoms with Gasteiger partial charge in [-0.05, 0) is 30.9 Å². The summed E-state index contributed by atoms with van der Waals surface area (Å²) in [6.07, 6.45) is 2.23. The average molecular weight is 360 g/mol. The van der Waals surface area contributed by atoms with Crippen LogP contribution in [0.15, 0.2) is 54.6 Å². The lowest BCUT2D eigenvalue weighted by Gasteiger charge is -2.34. The van der Waals surface area contributed by atoms with Crippen LogP contribution in [-0.2, 0) is 4.79 Å². The van der Waals surface area contributed by atoms with Crippen LogP contribution in [0.25, 0.3) is 22.3 Å². The van der Waals surface area contributed by atoms with Gasteiger partial charge in [0.2, 0.25) is 5.91 Å². The number of carbonyl (C=O) groups is 1. The zero-order valence-electron chi connectivity index (χ0n) is 15.6. The van der Waals surface area contributed by atoms with E-state index >= 15 is 0 Å². The molecule has 1 saturated heterocycles. The highest BCUT2D eigenvalue weighted by atomic mass is 16.1. The van der Waals surface area contributed by atoms with Crippen LogP contribution in [0.2, 0.25) is 0 Å². The fourth-order valence-electron chi connectivity index (χ4n) is 3.73. The third-order valence-corrected chi connectivity index (χ3v) is 5.07. The summed E-state index contributed by atoms with van der Waals surface area (Å²) in [5.41, 5.74) is 1.99. The van der Waals surface area contributed by atoms with Crippen molar-refractivity contribution in [3.05, 3.63) is 54.6 Å². The predicted octanol–water partition coefficient (Wildman–Crippen LogP) is 3.65. The molecule has 1 unspecified atom stereocenters. The molecule has 5 heteroatoms. The van der Waals surface area contributed by atoms with Crippen molar-refractivity contribution in [3.63, 3.8) is 0 Å². The summed E-state index contributed by atoms with van der Waals surface area (Å²) in [7, 11) is 0. The third kappa shape index (κ3) is 3.92. The number of anilines is 1. The van der Waals surface area contributed by atoms with E-state index in [0.717, 1.165) is 60.6 Å². The molecule has 27 heavy (non-hydrogen) atoms. The SMILES string of the molecule is CC(=O)NCC1CCCN(c2nc(-c3ccccc3)nc3ccccc23)C1. The topological polar surface area (TPSA) is 58.1 Å². The molecule has 2 heterocycles. The highest BCUT2D eigenvalue weighted by Crippen LogP contribution is 2.30. The van der Waals surface area contributed by atoms with Gasteiger partial charge in [0.25, 0.3) is 0 Å². The number of nitrogens with zero attached hydrogens (tertiary/aromatic N) is 3. The number of nitrogens with one attached hydrogen (secondary N) is 1. The second kappa shape index (κ2) is 7.74. The van der Waals surface area contributed by atoms with Gasteiger partial charge in [0.1, 0.15) is 5.82 Å². The van der Waals surface area contributed by atoms with Crippen molar-refractivity contribution in [3.8, 4) is 11.4 Å². The molecule has 4 rings (SSSR count). The number of piperidine rings is 1. The van der Waals surface area contributed by atoms with Crippen molar-refractivity contribution in [1.82, 2.24) is 15.3 Å². The van der Waals surface area contributed by atoms with Crippen molar-refractivity contribution < 1.29 is 4.79 Å². The molecule has 0 radical (unpaired) electrons. The number of amides is 1. The van der Waals surface area contributed by atoms with Gasteiger partial charge in [-0.1, -0.05) is 42.5 Å². The number of hydrogen-bond acceptors (Lipinski definition) is 4. The van der Waals surface area contributed by atoms with Gasteiger partial charge in [0.05, 0.1) is 5.52 Å². The Hall–Kier alpha value is -2.95. The maximum atomic E-state index is 11.3. The Morgan fingerprint density at radius 3 is 2.70 bits per heavy atom. The fourth-order valence-corrected chi connectivity index (χ4v) is 3.73. The van der Waals surface area contributed by atoms with Gasteiger partial charge >= 0.3 is 0 Å². The van der Waals surface area contributed by atoms with E-state index in [-0.39, 0.29) is 5.91 Å². The summed E-state index contributed by atoms with van der Waals surface area (Å²) in [6.45, 7) is 4.17. The standard InChI is InChI=1S/C22H24N4O/c1-16(27)23-14-17-8-7-13-26(15-17)22-19-11-5-6-12-20(19)24-21(25-22)18-9-3-2-4-10-18/h2-6,9-12,17H,7-8,13-15H2,1H3,(H,23,27). The molecule has 0 aliphatic carbocycles. The molecule has 1 N–H and O–H groups in total. The first-order valence-electron chi connectivity index (χ1n) is 9.52. The first kappa shape index (κ1) is 17.5. The zero-order valence-corrected chi connectivity index (χ0v) is 15.6. The number of hydrogen-bond donors (Lipinski definition) is 1. The lowest BCUT2D eigenvalue weighted by atomic mass is 9.97. The van der Waals surface area contributed by atoms with Crippen LogP contribution >= 0.6 is 0 Å². The molecule has 0 saturated carbocycles. The molecule has 1 atom stereocenters. The minimum absolute atomic E-state index is 0.0333. The molecule has 5 nitrogen and oxygen atoms in total. The molecule has 0 bridgehead atoms. The number of carbonyl (C=O) groups excluding carboxylic acids is 1. The largest absolute Gasteiger partial charge is 0.356 e. The van der Waals surface area contributed by atoms with Gasteiger partial charge in [-0.15, -0.1) is 0 Å². The summed E-state index contributed by atoms with van der Waals surface area (Å²) >= 11 is 0. The van der Waals surface area contributed by atoms with E-state index in [1.165, 1.54) is 0 Å². The molecule has 1 aliphatic rings. The summed E-state index contributed by atoms with van der Waals surface area (Å²) < 4.78 is 0. The molecule has 1 aromatic heterocycles. The van der Waals surface area contributed by atoms with E-state index in [2.05, 4.69) is 16.3 Å². The van der Waals surface area contributed by atoms with Crippen LogP contribution in [0.1, 0.15) is 19.8 Å². The Morgan fingerprint density at radius 2 is 1.89 bits per heavy atom. The van der Waals surface area contributed by atoms with E-state index in [0.29, 0.717) is 5.92 Å². The molecular weight excluding hydrogens is 336 g/mol. The van der Waals surface area contributed by atoms with Crippen LogP contribution < -0.4 is 10.2 Å². The summed E-state index contributed by atoms with van der Waals surface area (Å²) in [5, 5.41) is 4.04. The maximum Gasteiger partial charge on any atom is 0.216 e. The van der Waals surface area contributed by atoms with E-state index in [1.807, 2.05) is 48.5 Å². The lowest BCUT2D eigenvalue weighted by Crippen LogP contribution is -2.41. The monoisotopic (exact) mass is 360 g/mol. The third-order valence-electron chi connectivity index (χ3n) is 5.07. The molecule has 1 amide bonds. The van der Waals surface area contributed by atoms with Crippen molar-refractivity contribution >= 4 is 22.6 Å². The Balaban J connectivity index is 1.70. The second-order valence-electron chi connectivity index (χ2n) is 7.15. The molecular formula is C22H24N4O. The molecule has 0 spiro atoms. The minimum atomic E-state index is 0.0333. The van der Waals surface area contributed by atoms with Crippen LogP contribution in [0.3, 0.4) is 0 Å². The fraction of sp³-hybridized carbons (Fsp3) is 0.318. The first-order valence-corrected chi connectivity index (χ1v) is 9.52. The normalized spacial score (nSPS) is 17.1. The molecule has 138 valence electrons. The van der Waals surface area contributed by atoms with Crippen molar-refractivity contribution in [2.24, 2.45) is 5.92 Å². The quantitative estimate of drug-likeness (QED) is 0.772. The highest BCUT2D eigenvalue weighted by Gasteiger charge is 2.23. The molecule has 2 aromatic carbocycles. The molecule has 3 aromatic rings. The lowest BCUT2D eigenvalue weighted by molar-refractivity contribution is -0.119. The van der Waals surface area contributed by atoms with E-state index < -0.39 is 0 Å². The van der Waals surface area contributed by atoms with Gasteiger partial charge < -0.3 is 10.2 Å². The van der Waals surface area contributed by atoms with Gasteiger partial charge in [-0.2, -0.15) is 0 Å². The highest BCUT2D eigenvalue weighted by molar-refractivity contribution is 5.91. The summed E-state index contributed by atoms with van der Waals surface area (Å²) in [4.78, 5) is 23.4. The van der Waals surface area contributed by atoms with Crippen molar-refractivity contribution in [2.45, 2.75) is 19.8 Å². The van der Waals surface area contributed by atoms with Gasteiger partial charge in [0, 0.05) is 37.5 Å². The summed E-state index contributed by atoms with van der Waals surface area (Å²) in [6, 6.07) is 18.3. The Kier molecular flexibility index (Phi) is 5.01. The van der Waals surface area contributed by atoms with Crippen molar-refractivity contribution in [1.29, 1.82) is 0 Å². The number of para-hydroxylation sites is 1. The van der Waals surface area contributed by atoms with Crippen LogP contribution in [0.5, 0.6) is 0 Å². The zero-order chi connectivity index (χ0) is 18.6. The van der Waals surface area contributed by atoms with Crippen LogP contribution in [-0.4, -0.2) is 35.5 Å². The number of rotatable bonds is 4. The van der Waals surface area contributed by atoms with Gasteiger partial charge in [-0.25, -0.2) is 9.97 Å². The maximum absolute atomic E-state index is 11.3. The smallest absolute Gasteiger partial charge is 0.216 e. The number of fused-ring (bicyclic) bond motifs is 1.